The number of aromatic hydroxyl groups is 1. The van der Waals surface area contributed by atoms with Crippen molar-refractivity contribution in [1.82, 2.24) is 25.2 Å². The summed E-state index contributed by atoms with van der Waals surface area (Å²) in [5, 5.41) is 15.1. The molecule has 0 saturated carbocycles. The van der Waals surface area contributed by atoms with Gasteiger partial charge in [0.1, 0.15) is 40.6 Å². The predicted octanol–water partition coefficient (Wildman–Crippen LogP) is 5.40. The SMILES string of the molecule is C#Cc1c(F)ccc2cc(O)cc(-c3nc4c5c(nc(OCC67CCCN6CCC7)nc5c3F)N3CCNC[C@@H]3CCO4)c12.CC. The molecule has 8 rings (SSSR count). The minimum Gasteiger partial charge on any atom is -0.508 e. The molecule has 0 aliphatic carbocycles. The van der Waals surface area contributed by atoms with E-state index in [1.54, 1.807) is 0 Å². The number of terminal acetylenes is 1. The van der Waals surface area contributed by atoms with Crippen LogP contribution in [0.2, 0.25) is 0 Å². The molecule has 11 heteroatoms. The maximum Gasteiger partial charge on any atom is 0.319 e. The topological polar surface area (TPSA) is 95.9 Å². The second-order valence-electron chi connectivity index (χ2n) is 12.2. The molecule has 4 aromatic rings. The summed E-state index contributed by atoms with van der Waals surface area (Å²) in [6, 6.07) is 5.70. The maximum absolute atomic E-state index is 16.9. The van der Waals surface area contributed by atoms with E-state index in [0.29, 0.717) is 42.8 Å². The largest absolute Gasteiger partial charge is 0.508 e. The third-order valence-electron chi connectivity index (χ3n) is 9.76. The van der Waals surface area contributed by atoms with Crippen molar-refractivity contribution in [3.63, 3.8) is 0 Å². The lowest BCUT2D eigenvalue weighted by molar-refractivity contribution is 0.107. The van der Waals surface area contributed by atoms with E-state index in [-0.39, 0.29) is 56.9 Å². The van der Waals surface area contributed by atoms with Crippen LogP contribution >= 0.6 is 0 Å². The number of fused-ring (bicyclic) bond motifs is 4. The first kappa shape index (κ1) is 30.4. The van der Waals surface area contributed by atoms with Crippen molar-refractivity contribution in [1.29, 1.82) is 0 Å². The standard InChI is InChI=1S/C33H32F2N6O3.C2H6/c1-2-22-24(34)6-5-19-15-21(42)16-23(25(19)22)28-27(35)29-26-30(41-13-10-36-17-20(41)7-14-43-31(26)37-28)39-32(38-29)44-18-33-8-3-11-40(33)12-4-9-33;1-2/h1,5-6,15-16,20,36,42H,3-4,7-14,17-18H2;1-2H3/t20-;/m0./s1. The summed E-state index contributed by atoms with van der Waals surface area (Å²) in [6.45, 7) is 9.03. The summed E-state index contributed by atoms with van der Waals surface area (Å²) in [7, 11) is 0. The monoisotopic (exact) mass is 628 g/mol. The van der Waals surface area contributed by atoms with Gasteiger partial charge in [0.2, 0.25) is 5.88 Å². The van der Waals surface area contributed by atoms with Crippen molar-refractivity contribution < 1.29 is 23.4 Å². The third-order valence-corrected chi connectivity index (χ3v) is 9.76. The molecule has 2 N–H and O–H groups in total. The van der Waals surface area contributed by atoms with Crippen LogP contribution in [0.25, 0.3) is 32.9 Å². The van der Waals surface area contributed by atoms with Gasteiger partial charge < -0.3 is 24.8 Å². The normalized spacial score (nSPS) is 20.2. The molecule has 4 aliphatic rings. The smallest absolute Gasteiger partial charge is 0.319 e. The van der Waals surface area contributed by atoms with Gasteiger partial charge in [0.05, 0.1) is 17.7 Å². The van der Waals surface area contributed by atoms with Crippen molar-refractivity contribution in [2.75, 3.05) is 50.8 Å². The fraction of sp³-hybridized carbons (Fsp3) is 0.457. The van der Waals surface area contributed by atoms with E-state index in [1.165, 1.54) is 24.3 Å². The van der Waals surface area contributed by atoms with Crippen LogP contribution in [-0.4, -0.2) is 82.5 Å². The molecule has 46 heavy (non-hydrogen) atoms. The van der Waals surface area contributed by atoms with E-state index in [0.717, 1.165) is 51.9 Å². The molecule has 0 unspecified atom stereocenters. The van der Waals surface area contributed by atoms with Crippen molar-refractivity contribution in [3.05, 3.63) is 41.5 Å². The Hall–Kier alpha value is -4.27. The summed E-state index contributed by atoms with van der Waals surface area (Å²) < 4.78 is 44.4. The molecule has 0 radical (unpaired) electrons. The van der Waals surface area contributed by atoms with Gasteiger partial charge >= 0.3 is 6.01 Å². The first-order valence-electron chi connectivity index (χ1n) is 16.3. The number of pyridine rings is 1. The number of piperazine rings is 1. The van der Waals surface area contributed by atoms with E-state index in [1.807, 2.05) is 13.8 Å². The summed E-state index contributed by atoms with van der Waals surface area (Å²) in [5.74, 6) is 1.56. The summed E-state index contributed by atoms with van der Waals surface area (Å²) >= 11 is 0. The zero-order valence-electron chi connectivity index (χ0n) is 26.2. The molecule has 6 heterocycles. The Labute approximate surface area is 266 Å². The van der Waals surface area contributed by atoms with Gasteiger partial charge in [-0.1, -0.05) is 25.8 Å². The summed E-state index contributed by atoms with van der Waals surface area (Å²) in [4.78, 5) is 18.8. The van der Waals surface area contributed by atoms with E-state index in [9.17, 15) is 9.50 Å². The minimum absolute atomic E-state index is 0.00784. The molecule has 1 atom stereocenters. The number of hydrogen-bond acceptors (Lipinski definition) is 9. The number of phenolic OH excluding ortho intramolecular Hbond substituents is 1. The number of phenols is 1. The number of anilines is 1. The van der Waals surface area contributed by atoms with Crippen LogP contribution in [0.15, 0.2) is 24.3 Å². The Morgan fingerprint density at radius 1 is 1.11 bits per heavy atom. The van der Waals surface area contributed by atoms with Gasteiger partial charge in [-0.15, -0.1) is 6.42 Å². The van der Waals surface area contributed by atoms with Crippen LogP contribution in [0.1, 0.15) is 51.5 Å². The summed E-state index contributed by atoms with van der Waals surface area (Å²) in [5.41, 5.74) is -0.113. The average Bonchev–Trinajstić information content (AvgIpc) is 3.65. The van der Waals surface area contributed by atoms with Gasteiger partial charge in [0.15, 0.2) is 5.82 Å². The van der Waals surface area contributed by atoms with Crippen LogP contribution in [0.4, 0.5) is 14.6 Å². The Kier molecular flexibility index (Phi) is 8.03. The number of ether oxygens (including phenoxy) is 2. The van der Waals surface area contributed by atoms with Crippen molar-refractivity contribution in [2.24, 2.45) is 0 Å². The maximum atomic E-state index is 16.9. The molecule has 240 valence electrons. The Bertz CT molecular complexity index is 1850. The molecule has 0 bridgehead atoms. The number of nitrogens with zero attached hydrogens (tertiary/aromatic N) is 5. The highest BCUT2D eigenvalue weighted by Crippen LogP contribution is 2.44. The highest BCUT2D eigenvalue weighted by atomic mass is 19.1. The molecule has 3 saturated heterocycles. The van der Waals surface area contributed by atoms with Gasteiger partial charge in [-0.3, -0.25) is 4.90 Å². The second kappa shape index (κ2) is 12.2. The summed E-state index contributed by atoms with van der Waals surface area (Å²) in [6.07, 6.45) is 10.8. The molecular formula is C35H38F2N6O3. The van der Waals surface area contributed by atoms with E-state index in [4.69, 9.17) is 20.9 Å². The van der Waals surface area contributed by atoms with Gasteiger partial charge in [-0.2, -0.15) is 9.97 Å². The molecule has 2 aromatic heterocycles. The van der Waals surface area contributed by atoms with Crippen molar-refractivity contribution >= 4 is 27.5 Å². The van der Waals surface area contributed by atoms with E-state index >= 15 is 4.39 Å². The van der Waals surface area contributed by atoms with Crippen molar-refractivity contribution in [3.8, 4) is 41.2 Å². The fourth-order valence-corrected chi connectivity index (χ4v) is 7.66. The lowest BCUT2D eigenvalue weighted by Gasteiger charge is -2.39. The van der Waals surface area contributed by atoms with Crippen molar-refractivity contribution in [2.45, 2.75) is 57.5 Å². The van der Waals surface area contributed by atoms with Crippen LogP contribution in [0.5, 0.6) is 17.6 Å². The Balaban J connectivity index is 0.00000166. The quantitative estimate of drug-likeness (QED) is 0.288. The molecular weight excluding hydrogens is 590 g/mol. The second-order valence-corrected chi connectivity index (χ2v) is 12.2. The van der Waals surface area contributed by atoms with Crippen LogP contribution in [0.3, 0.4) is 0 Å². The van der Waals surface area contributed by atoms with E-state index in [2.05, 4.69) is 31.0 Å². The lowest BCUT2D eigenvalue weighted by atomic mass is 9.95. The van der Waals surface area contributed by atoms with Gasteiger partial charge in [0, 0.05) is 43.0 Å². The van der Waals surface area contributed by atoms with Gasteiger partial charge in [-0.25, -0.2) is 13.8 Å². The lowest BCUT2D eigenvalue weighted by Crippen LogP contribution is -2.52. The zero-order chi connectivity index (χ0) is 32.0. The van der Waals surface area contributed by atoms with Crippen LogP contribution < -0.4 is 19.7 Å². The molecule has 3 fully saturated rings. The molecule has 4 aliphatic heterocycles. The van der Waals surface area contributed by atoms with E-state index < -0.39 is 11.6 Å². The molecule has 2 aromatic carbocycles. The average molecular weight is 629 g/mol. The van der Waals surface area contributed by atoms with Crippen LogP contribution in [0, 0.1) is 24.0 Å². The number of hydrogen-bond donors (Lipinski definition) is 2. The minimum atomic E-state index is -0.756. The highest BCUT2D eigenvalue weighted by Gasteiger charge is 2.45. The van der Waals surface area contributed by atoms with Gasteiger partial charge in [-0.05, 0) is 62.4 Å². The third kappa shape index (κ3) is 4.95. The fourth-order valence-electron chi connectivity index (χ4n) is 7.66. The highest BCUT2D eigenvalue weighted by molar-refractivity contribution is 6.04. The Morgan fingerprint density at radius 2 is 1.91 bits per heavy atom. The number of aromatic nitrogens is 3. The van der Waals surface area contributed by atoms with Gasteiger partial charge in [0.25, 0.3) is 0 Å². The predicted molar refractivity (Wildman–Crippen MR) is 174 cm³/mol. The first-order chi connectivity index (χ1) is 22.5. The molecule has 0 spiro atoms. The van der Waals surface area contributed by atoms with Crippen LogP contribution in [-0.2, 0) is 0 Å². The number of benzene rings is 2. The zero-order valence-corrected chi connectivity index (χ0v) is 26.2. The molecule has 0 amide bonds. The first-order valence-corrected chi connectivity index (χ1v) is 16.3. The Morgan fingerprint density at radius 3 is 2.70 bits per heavy atom. The number of halogens is 2. The molecule has 9 nitrogen and oxygen atoms in total. The number of rotatable bonds is 4. The number of nitrogens with one attached hydrogen (secondary N) is 1.